The largest absolute Gasteiger partial charge is 0.455 e. The van der Waals surface area contributed by atoms with Gasteiger partial charge in [-0.15, -0.1) is 0 Å². The van der Waals surface area contributed by atoms with Crippen molar-refractivity contribution in [2.75, 3.05) is 0 Å². The predicted molar refractivity (Wildman–Crippen MR) is 73.5 cm³/mol. The van der Waals surface area contributed by atoms with Gasteiger partial charge in [0.2, 0.25) is 0 Å². The lowest BCUT2D eigenvalue weighted by Crippen LogP contribution is -1.90. The topological polar surface area (TPSA) is 51.8 Å². The van der Waals surface area contributed by atoms with Crippen LogP contribution in [0.1, 0.15) is 12.7 Å². The first-order valence-electron chi connectivity index (χ1n) is 5.32. The van der Waals surface area contributed by atoms with Crippen molar-refractivity contribution in [3.05, 3.63) is 46.1 Å². The van der Waals surface area contributed by atoms with E-state index in [9.17, 15) is 4.79 Å². The molecule has 98 valence electrons. The summed E-state index contributed by atoms with van der Waals surface area (Å²) < 4.78 is 5.50. The highest BCUT2D eigenvalue weighted by atomic mass is 35.5. The van der Waals surface area contributed by atoms with E-state index in [1.54, 1.807) is 30.3 Å². The van der Waals surface area contributed by atoms with Crippen LogP contribution >= 0.6 is 23.2 Å². The fourth-order valence-corrected chi connectivity index (χ4v) is 1.91. The van der Waals surface area contributed by atoms with Crippen molar-refractivity contribution in [2.45, 2.75) is 6.92 Å². The minimum Gasteiger partial charge on any atom is -0.455 e. The molecule has 1 heterocycles. The van der Waals surface area contributed by atoms with Gasteiger partial charge in [-0.3, -0.25) is 0 Å². The van der Waals surface area contributed by atoms with Crippen LogP contribution in [0.3, 0.4) is 0 Å². The summed E-state index contributed by atoms with van der Waals surface area (Å²) in [4.78, 5) is 15.0. The highest BCUT2D eigenvalue weighted by molar-refractivity contribution is 6.36. The smallest absolute Gasteiger partial charge is 0.331 e. The zero-order chi connectivity index (χ0) is 13.8. The summed E-state index contributed by atoms with van der Waals surface area (Å²) in [6.07, 6.45) is 1.30. The second-order valence-corrected chi connectivity index (χ2v) is 4.49. The number of oxime groups is 1. The lowest BCUT2D eigenvalue weighted by atomic mass is 10.2. The van der Waals surface area contributed by atoms with Crippen LogP contribution in [-0.2, 0) is 9.63 Å². The number of rotatable bonds is 3. The van der Waals surface area contributed by atoms with E-state index in [0.29, 0.717) is 21.6 Å². The molecular formula is C13H9Cl2NO3. The van der Waals surface area contributed by atoms with Crippen molar-refractivity contribution in [3.8, 4) is 11.3 Å². The van der Waals surface area contributed by atoms with Crippen molar-refractivity contribution < 1.29 is 14.0 Å². The summed E-state index contributed by atoms with van der Waals surface area (Å²) in [5.74, 6) is 0.525. The summed E-state index contributed by atoms with van der Waals surface area (Å²) >= 11 is 11.9. The Hall–Kier alpha value is -1.78. The van der Waals surface area contributed by atoms with E-state index >= 15 is 0 Å². The van der Waals surface area contributed by atoms with Gasteiger partial charge >= 0.3 is 5.97 Å². The van der Waals surface area contributed by atoms with Gasteiger partial charge in [-0.25, -0.2) is 4.79 Å². The van der Waals surface area contributed by atoms with Gasteiger partial charge < -0.3 is 9.25 Å². The maximum absolute atomic E-state index is 10.5. The quantitative estimate of drug-likeness (QED) is 0.486. The molecule has 6 heteroatoms. The molecule has 2 aromatic rings. The molecule has 0 N–H and O–H groups in total. The molecule has 1 aromatic heterocycles. The maximum atomic E-state index is 10.5. The molecule has 2 rings (SSSR count). The molecule has 0 saturated heterocycles. The van der Waals surface area contributed by atoms with Gasteiger partial charge in [-0.05, 0) is 30.3 Å². The van der Waals surface area contributed by atoms with Crippen molar-refractivity contribution in [2.24, 2.45) is 5.16 Å². The molecule has 0 saturated carbocycles. The Labute approximate surface area is 119 Å². The van der Waals surface area contributed by atoms with Gasteiger partial charge in [0, 0.05) is 17.5 Å². The molecule has 0 amide bonds. The SMILES string of the molecule is CC(=O)O/N=C/c1ccc(-c2ccc(Cl)cc2Cl)o1. The van der Waals surface area contributed by atoms with Crippen LogP contribution in [0.4, 0.5) is 0 Å². The molecule has 0 unspecified atom stereocenters. The summed E-state index contributed by atoms with van der Waals surface area (Å²) in [7, 11) is 0. The third-order valence-electron chi connectivity index (χ3n) is 2.18. The van der Waals surface area contributed by atoms with Gasteiger partial charge in [0.1, 0.15) is 17.7 Å². The summed E-state index contributed by atoms with van der Waals surface area (Å²) in [5.41, 5.74) is 0.721. The summed E-state index contributed by atoms with van der Waals surface area (Å²) in [5, 5.41) is 4.51. The molecule has 0 bridgehead atoms. The zero-order valence-electron chi connectivity index (χ0n) is 9.89. The van der Waals surface area contributed by atoms with Crippen molar-refractivity contribution in [1.82, 2.24) is 0 Å². The van der Waals surface area contributed by atoms with Gasteiger partial charge in [-0.1, -0.05) is 28.4 Å². The van der Waals surface area contributed by atoms with E-state index < -0.39 is 5.97 Å². The van der Waals surface area contributed by atoms with E-state index in [2.05, 4.69) is 9.99 Å². The number of nitrogens with zero attached hydrogens (tertiary/aromatic N) is 1. The monoisotopic (exact) mass is 297 g/mol. The average Bonchev–Trinajstić information content (AvgIpc) is 2.77. The molecule has 0 atom stereocenters. The van der Waals surface area contributed by atoms with Gasteiger partial charge in [0.05, 0.1) is 5.02 Å². The summed E-state index contributed by atoms with van der Waals surface area (Å²) in [6, 6.07) is 8.54. The molecule has 0 aliphatic rings. The highest BCUT2D eigenvalue weighted by Crippen LogP contribution is 2.31. The number of hydrogen-bond acceptors (Lipinski definition) is 4. The number of halogens is 2. The van der Waals surface area contributed by atoms with Crippen LogP contribution in [0, 0.1) is 0 Å². The fraction of sp³-hybridized carbons (Fsp3) is 0.0769. The number of benzene rings is 1. The van der Waals surface area contributed by atoms with Gasteiger partial charge in [0.15, 0.2) is 0 Å². The molecule has 0 radical (unpaired) electrons. The van der Waals surface area contributed by atoms with Gasteiger partial charge in [0.25, 0.3) is 0 Å². The van der Waals surface area contributed by atoms with E-state index in [-0.39, 0.29) is 0 Å². The molecule has 19 heavy (non-hydrogen) atoms. The fourth-order valence-electron chi connectivity index (χ4n) is 1.41. The van der Waals surface area contributed by atoms with Crippen LogP contribution in [0.15, 0.2) is 39.9 Å². The van der Waals surface area contributed by atoms with E-state index in [0.717, 1.165) is 5.56 Å². The Morgan fingerprint density at radius 2 is 2.11 bits per heavy atom. The standard InChI is InChI=1S/C13H9Cl2NO3/c1-8(17)19-16-7-10-3-5-13(18-10)11-4-2-9(14)6-12(11)15/h2-7H,1H3/b16-7+. The van der Waals surface area contributed by atoms with Crippen LogP contribution < -0.4 is 0 Å². The van der Waals surface area contributed by atoms with Crippen LogP contribution in [0.5, 0.6) is 0 Å². The minimum atomic E-state index is -0.497. The Balaban J connectivity index is 2.21. The Bertz CT molecular complexity index is 635. The normalized spacial score (nSPS) is 10.9. The first-order chi connectivity index (χ1) is 9.06. The first kappa shape index (κ1) is 13.6. The first-order valence-corrected chi connectivity index (χ1v) is 6.08. The third kappa shape index (κ3) is 3.59. The lowest BCUT2D eigenvalue weighted by Gasteiger charge is -2.00. The molecule has 4 nitrogen and oxygen atoms in total. The van der Waals surface area contributed by atoms with E-state index in [4.69, 9.17) is 27.6 Å². The van der Waals surface area contributed by atoms with Crippen molar-refractivity contribution in [3.63, 3.8) is 0 Å². The molecule has 1 aromatic carbocycles. The van der Waals surface area contributed by atoms with E-state index in [1.807, 2.05) is 0 Å². The number of hydrogen-bond donors (Lipinski definition) is 0. The summed E-state index contributed by atoms with van der Waals surface area (Å²) in [6.45, 7) is 1.26. The minimum absolute atomic E-state index is 0.447. The molecule has 0 aliphatic carbocycles. The van der Waals surface area contributed by atoms with E-state index in [1.165, 1.54) is 13.1 Å². The number of furan rings is 1. The molecule has 0 aliphatic heterocycles. The maximum Gasteiger partial charge on any atom is 0.331 e. The second-order valence-electron chi connectivity index (χ2n) is 3.64. The third-order valence-corrected chi connectivity index (χ3v) is 2.73. The van der Waals surface area contributed by atoms with Crippen molar-refractivity contribution in [1.29, 1.82) is 0 Å². The predicted octanol–water partition coefficient (Wildman–Crippen LogP) is 4.15. The Morgan fingerprint density at radius 3 is 2.79 bits per heavy atom. The molecule has 0 fully saturated rings. The van der Waals surface area contributed by atoms with Crippen LogP contribution in [0.2, 0.25) is 10.0 Å². The Kier molecular flexibility index (Phi) is 4.24. The average molecular weight is 298 g/mol. The van der Waals surface area contributed by atoms with Gasteiger partial charge in [-0.2, -0.15) is 0 Å². The second kappa shape index (κ2) is 5.91. The number of carbonyl (C=O) groups is 1. The highest BCUT2D eigenvalue weighted by Gasteiger charge is 2.08. The zero-order valence-corrected chi connectivity index (χ0v) is 11.4. The van der Waals surface area contributed by atoms with Crippen molar-refractivity contribution >= 4 is 35.4 Å². The van der Waals surface area contributed by atoms with Crippen LogP contribution in [-0.4, -0.2) is 12.2 Å². The molecule has 0 spiro atoms. The number of carbonyl (C=O) groups excluding carboxylic acids is 1. The molecular weight excluding hydrogens is 289 g/mol. The Morgan fingerprint density at radius 1 is 1.32 bits per heavy atom. The lowest BCUT2D eigenvalue weighted by molar-refractivity contribution is -0.140. The van der Waals surface area contributed by atoms with Crippen LogP contribution in [0.25, 0.3) is 11.3 Å².